The molecular formula is C22H21N5O. The molecule has 0 aliphatic carbocycles. The summed E-state index contributed by atoms with van der Waals surface area (Å²) in [5, 5.41) is 15.5. The topological polar surface area (TPSA) is 82.7 Å². The molecule has 6 nitrogen and oxygen atoms in total. The van der Waals surface area contributed by atoms with Crippen LogP contribution in [0.25, 0.3) is 10.9 Å². The molecule has 6 heteroatoms. The zero-order valence-corrected chi connectivity index (χ0v) is 15.6. The van der Waals surface area contributed by atoms with Gasteiger partial charge in [0.05, 0.1) is 0 Å². The Kier molecular flexibility index (Phi) is 5.01. The fraction of sp³-hybridized carbons (Fsp3) is 0.136. The van der Waals surface area contributed by atoms with Gasteiger partial charge >= 0.3 is 0 Å². The summed E-state index contributed by atoms with van der Waals surface area (Å²) in [6, 6.07) is 19.3. The Hall–Kier alpha value is -3.67. The molecule has 0 fully saturated rings. The largest absolute Gasteiger partial charge is 0.368 e. The number of H-pyrrole nitrogens is 1. The van der Waals surface area contributed by atoms with Crippen LogP contribution in [0.1, 0.15) is 21.6 Å². The van der Waals surface area contributed by atoms with Crippen molar-refractivity contribution in [1.29, 1.82) is 0 Å². The Bertz CT molecular complexity index is 1100. The van der Waals surface area contributed by atoms with Crippen molar-refractivity contribution in [2.45, 2.75) is 13.3 Å². The molecule has 0 saturated carbocycles. The molecule has 0 aliphatic rings. The number of aromatic nitrogens is 3. The quantitative estimate of drug-likeness (QED) is 0.475. The lowest BCUT2D eigenvalue weighted by Gasteiger charge is -2.08. The van der Waals surface area contributed by atoms with E-state index in [4.69, 9.17) is 0 Å². The van der Waals surface area contributed by atoms with Crippen molar-refractivity contribution < 1.29 is 4.79 Å². The average molecular weight is 371 g/mol. The number of hydrogen-bond acceptors (Lipinski definition) is 4. The fourth-order valence-corrected chi connectivity index (χ4v) is 3.11. The van der Waals surface area contributed by atoms with Crippen molar-refractivity contribution >= 4 is 28.3 Å². The number of fused-ring (bicyclic) bond motifs is 1. The van der Waals surface area contributed by atoms with Crippen LogP contribution in [0.2, 0.25) is 0 Å². The van der Waals surface area contributed by atoms with E-state index in [9.17, 15) is 4.79 Å². The standard InChI is InChI=1S/C22H21N5O/c1-15-6-2-4-8-18(15)25-22(28)20-10-11-21(27-26-20)23-13-12-16-14-24-19-9-5-3-7-17(16)19/h2-11,14,24H,12-13H2,1H3,(H,23,27)(H,25,28). The minimum atomic E-state index is -0.271. The van der Waals surface area contributed by atoms with Gasteiger partial charge in [0.15, 0.2) is 5.69 Å². The van der Waals surface area contributed by atoms with Crippen molar-refractivity contribution in [3.05, 3.63) is 83.7 Å². The average Bonchev–Trinajstić information content (AvgIpc) is 3.13. The van der Waals surface area contributed by atoms with Crippen LogP contribution in [-0.2, 0) is 6.42 Å². The molecule has 2 heterocycles. The van der Waals surface area contributed by atoms with Gasteiger partial charge < -0.3 is 15.6 Å². The van der Waals surface area contributed by atoms with E-state index in [-0.39, 0.29) is 11.6 Å². The van der Waals surface area contributed by atoms with Gasteiger partial charge in [-0.25, -0.2) is 0 Å². The van der Waals surface area contributed by atoms with Gasteiger partial charge in [-0.3, -0.25) is 4.79 Å². The van der Waals surface area contributed by atoms with E-state index in [1.54, 1.807) is 12.1 Å². The smallest absolute Gasteiger partial charge is 0.276 e. The summed E-state index contributed by atoms with van der Waals surface area (Å²) < 4.78 is 0. The minimum absolute atomic E-state index is 0.271. The highest BCUT2D eigenvalue weighted by Crippen LogP contribution is 2.18. The van der Waals surface area contributed by atoms with Crippen molar-refractivity contribution in [2.24, 2.45) is 0 Å². The number of amides is 1. The van der Waals surface area contributed by atoms with E-state index >= 15 is 0 Å². The first-order valence-corrected chi connectivity index (χ1v) is 9.20. The van der Waals surface area contributed by atoms with Gasteiger partial charge in [0.2, 0.25) is 0 Å². The van der Waals surface area contributed by atoms with Crippen molar-refractivity contribution in [3.63, 3.8) is 0 Å². The molecule has 0 radical (unpaired) electrons. The van der Waals surface area contributed by atoms with Crippen LogP contribution in [0, 0.1) is 6.92 Å². The number of anilines is 2. The normalized spacial score (nSPS) is 10.8. The minimum Gasteiger partial charge on any atom is -0.368 e. The van der Waals surface area contributed by atoms with Crippen molar-refractivity contribution in [2.75, 3.05) is 17.2 Å². The van der Waals surface area contributed by atoms with Crippen LogP contribution in [0.3, 0.4) is 0 Å². The van der Waals surface area contributed by atoms with Crippen LogP contribution in [-0.4, -0.2) is 27.6 Å². The predicted octanol–water partition coefficient (Wildman–Crippen LogP) is 4.17. The van der Waals surface area contributed by atoms with Crippen LogP contribution >= 0.6 is 0 Å². The Morgan fingerprint density at radius 3 is 2.64 bits per heavy atom. The number of aromatic amines is 1. The van der Waals surface area contributed by atoms with E-state index < -0.39 is 0 Å². The first-order chi connectivity index (χ1) is 13.7. The highest BCUT2D eigenvalue weighted by Gasteiger charge is 2.10. The molecule has 0 atom stereocenters. The number of nitrogens with zero attached hydrogens (tertiary/aromatic N) is 2. The molecule has 4 rings (SSSR count). The summed E-state index contributed by atoms with van der Waals surface area (Å²) in [6.45, 7) is 2.67. The number of carbonyl (C=O) groups excluding carboxylic acids is 1. The first-order valence-electron chi connectivity index (χ1n) is 9.20. The number of rotatable bonds is 6. The zero-order valence-electron chi connectivity index (χ0n) is 15.6. The zero-order chi connectivity index (χ0) is 19.3. The highest BCUT2D eigenvalue weighted by atomic mass is 16.1. The summed E-state index contributed by atoms with van der Waals surface area (Å²) >= 11 is 0. The van der Waals surface area contributed by atoms with Gasteiger partial charge in [0.1, 0.15) is 5.82 Å². The van der Waals surface area contributed by atoms with E-state index in [1.807, 2.05) is 49.5 Å². The molecule has 0 spiro atoms. The SMILES string of the molecule is Cc1ccccc1NC(=O)c1ccc(NCCc2c[nH]c3ccccc23)nn1. The van der Waals surface area contributed by atoms with Gasteiger partial charge in [0, 0.05) is 29.3 Å². The summed E-state index contributed by atoms with van der Waals surface area (Å²) in [7, 11) is 0. The molecule has 140 valence electrons. The monoisotopic (exact) mass is 371 g/mol. The molecule has 2 aromatic heterocycles. The Labute approximate surface area is 163 Å². The van der Waals surface area contributed by atoms with E-state index in [0.29, 0.717) is 5.82 Å². The molecule has 3 N–H and O–H groups in total. The van der Waals surface area contributed by atoms with Gasteiger partial charge in [-0.1, -0.05) is 36.4 Å². The maximum atomic E-state index is 12.3. The molecule has 1 amide bonds. The second-order valence-corrected chi connectivity index (χ2v) is 6.61. The Morgan fingerprint density at radius 1 is 1.00 bits per heavy atom. The van der Waals surface area contributed by atoms with E-state index in [0.717, 1.165) is 29.7 Å². The van der Waals surface area contributed by atoms with Crippen LogP contribution in [0.15, 0.2) is 66.9 Å². The van der Waals surface area contributed by atoms with E-state index in [1.165, 1.54) is 10.9 Å². The Morgan fingerprint density at radius 2 is 1.82 bits per heavy atom. The molecular weight excluding hydrogens is 350 g/mol. The van der Waals surface area contributed by atoms with Crippen molar-refractivity contribution in [3.8, 4) is 0 Å². The summed E-state index contributed by atoms with van der Waals surface area (Å²) in [6.07, 6.45) is 2.90. The summed E-state index contributed by atoms with van der Waals surface area (Å²) in [5.74, 6) is 0.374. The van der Waals surface area contributed by atoms with Gasteiger partial charge in [0.25, 0.3) is 5.91 Å². The van der Waals surface area contributed by atoms with Gasteiger partial charge in [-0.15, -0.1) is 10.2 Å². The number of aryl methyl sites for hydroxylation is 1. The molecule has 0 unspecified atom stereocenters. The van der Waals surface area contributed by atoms with Gasteiger partial charge in [-0.05, 0) is 48.7 Å². The molecule has 2 aromatic carbocycles. The number of benzene rings is 2. The van der Waals surface area contributed by atoms with Crippen LogP contribution < -0.4 is 10.6 Å². The third kappa shape index (κ3) is 3.86. The lowest BCUT2D eigenvalue weighted by Crippen LogP contribution is -2.15. The fourth-order valence-electron chi connectivity index (χ4n) is 3.11. The molecule has 0 bridgehead atoms. The number of para-hydroxylation sites is 2. The maximum absolute atomic E-state index is 12.3. The molecule has 0 saturated heterocycles. The van der Waals surface area contributed by atoms with Crippen LogP contribution in [0.5, 0.6) is 0 Å². The Balaban J connectivity index is 1.34. The number of carbonyl (C=O) groups is 1. The van der Waals surface area contributed by atoms with E-state index in [2.05, 4.69) is 37.9 Å². The second-order valence-electron chi connectivity index (χ2n) is 6.61. The lowest BCUT2D eigenvalue weighted by molar-refractivity contribution is 0.102. The first kappa shape index (κ1) is 17.7. The molecule has 0 aliphatic heterocycles. The third-order valence-corrected chi connectivity index (χ3v) is 4.67. The third-order valence-electron chi connectivity index (χ3n) is 4.67. The highest BCUT2D eigenvalue weighted by molar-refractivity contribution is 6.03. The summed E-state index contributed by atoms with van der Waals surface area (Å²) in [5.41, 5.74) is 4.45. The summed E-state index contributed by atoms with van der Waals surface area (Å²) in [4.78, 5) is 15.6. The number of nitrogens with one attached hydrogen (secondary N) is 3. The molecule has 4 aromatic rings. The molecule has 28 heavy (non-hydrogen) atoms. The lowest BCUT2D eigenvalue weighted by atomic mass is 10.1. The second kappa shape index (κ2) is 7.92. The van der Waals surface area contributed by atoms with Gasteiger partial charge in [-0.2, -0.15) is 0 Å². The maximum Gasteiger partial charge on any atom is 0.276 e. The van der Waals surface area contributed by atoms with Crippen LogP contribution in [0.4, 0.5) is 11.5 Å². The number of hydrogen-bond donors (Lipinski definition) is 3. The van der Waals surface area contributed by atoms with Crippen molar-refractivity contribution in [1.82, 2.24) is 15.2 Å². The predicted molar refractivity (Wildman–Crippen MR) is 112 cm³/mol.